The van der Waals surface area contributed by atoms with Crippen LogP contribution in [0.2, 0.25) is 0 Å². The molecule has 0 N–H and O–H groups in total. The van der Waals surface area contributed by atoms with Crippen LogP contribution in [0.15, 0.2) is 48.9 Å². The van der Waals surface area contributed by atoms with E-state index in [-0.39, 0.29) is 25.1 Å². The number of pyridine rings is 1. The van der Waals surface area contributed by atoms with Crippen molar-refractivity contribution in [2.75, 3.05) is 24.6 Å². The molecule has 4 aromatic rings. The number of rotatable bonds is 5. The summed E-state index contributed by atoms with van der Waals surface area (Å²) in [6.45, 7) is 3.78. The third-order valence-electron chi connectivity index (χ3n) is 7.29. The van der Waals surface area contributed by atoms with Crippen molar-refractivity contribution < 1.29 is 23.1 Å². The molecular weight excluding hydrogens is 494 g/mol. The van der Waals surface area contributed by atoms with Gasteiger partial charge in [-0.2, -0.15) is 10.2 Å². The van der Waals surface area contributed by atoms with E-state index in [0.29, 0.717) is 54.0 Å². The van der Waals surface area contributed by atoms with Crippen LogP contribution < -0.4 is 4.90 Å². The molecule has 0 spiro atoms. The van der Waals surface area contributed by atoms with Gasteiger partial charge < -0.3 is 14.5 Å². The summed E-state index contributed by atoms with van der Waals surface area (Å²) in [5.41, 5.74) is 3.16. The van der Waals surface area contributed by atoms with Crippen molar-refractivity contribution in [3.8, 4) is 0 Å². The fraction of sp³-hybridized carbons (Fsp3) is 0.333. The zero-order valence-electron chi connectivity index (χ0n) is 20.8. The van der Waals surface area contributed by atoms with Gasteiger partial charge in [-0.15, -0.1) is 0 Å². The largest absolute Gasteiger partial charge is 0.462 e. The Hall–Kier alpha value is -4.28. The molecule has 0 bridgehead atoms. The number of carbonyl (C=O) groups excluding carboxylic acids is 2. The average molecular weight is 521 g/mol. The lowest BCUT2D eigenvalue weighted by Gasteiger charge is -2.28. The number of anilines is 1. The second-order valence-electron chi connectivity index (χ2n) is 9.47. The van der Waals surface area contributed by atoms with E-state index in [2.05, 4.69) is 10.2 Å². The Morgan fingerprint density at radius 3 is 2.74 bits per heavy atom. The SMILES string of the molecule is CCOC(=O)c1cnn2c1CN(C(=O)c1cnn3ccc(N4CCC[C@@H]4c4cc(F)ccc4F)cc13)CC2. The smallest absolute Gasteiger partial charge is 0.341 e. The van der Waals surface area contributed by atoms with Gasteiger partial charge in [-0.1, -0.05) is 0 Å². The minimum absolute atomic E-state index is 0.214. The van der Waals surface area contributed by atoms with Gasteiger partial charge in [-0.05, 0) is 50.1 Å². The molecule has 1 fully saturated rings. The van der Waals surface area contributed by atoms with Gasteiger partial charge in [0.2, 0.25) is 0 Å². The molecule has 0 unspecified atom stereocenters. The van der Waals surface area contributed by atoms with Crippen molar-refractivity contribution >= 4 is 23.1 Å². The maximum absolute atomic E-state index is 14.6. The van der Waals surface area contributed by atoms with Crippen molar-refractivity contribution in [2.24, 2.45) is 0 Å². The van der Waals surface area contributed by atoms with Crippen molar-refractivity contribution in [1.29, 1.82) is 0 Å². The van der Waals surface area contributed by atoms with E-state index in [9.17, 15) is 18.4 Å². The van der Waals surface area contributed by atoms with E-state index in [0.717, 1.165) is 24.2 Å². The number of ether oxygens (including phenoxy) is 1. The summed E-state index contributed by atoms with van der Waals surface area (Å²) < 4.78 is 37.0. The number of halogens is 2. The normalized spacial score (nSPS) is 17.2. The Morgan fingerprint density at radius 1 is 1.05 bits per heavy atom. The molecule has 11 heteroatoms. The van der Waals surface area contributed by atoms with Crippen LogP contribution in [0.3, 0.4) is 0 Å². The van der Waals surface area contributed by atoms with E-state index >= 15 is 0 Å². The molecule has 3 aromatic heterocycles. The topological polar surface area (TPSA) is 85.0 Å². The molecule has 38 heavy (non-hydrogen) atoms. The molecule has 0 radical (unpaired) electrons. The van der Waals surface area contributed by atoms with Crippen LogP contribution in [0.5, 0.6) is 0 Å². The number of nitrogens with zero attached hydrogens (tertiary/aromatic N) is 6. The van der Waals surface area contributed by atoms with Gasteiger partial charge in [0.15, 0.2) is 0 Å². The molecule has 2 aliphatic rings. The van der Waals surface area contributed by atoms with Gasteiger partial charge in [-0.3, -0.25) is 9.48 Å². The second kappa shape index (κ2) is 9.55. The standard InChI is InChI=1S/C27H26F2N6O3/c1-2-38-27(37)21-15-31-35-11-10-32(16-25(21)35)26(36)20-14-30-34-9-7-18(13-24(20)34)33-8-3-4-23(33)19-12-17(28)5-6-22(19)29/h5-7,9,12-15,23H,2-4,8,10-11,16H2,1H3/t23-/m1/s1. The van der Waals surface area contributed by atoms with Gasteiger partial charge in [-0.25, -0.2) is 18.1 Å². The monoisotopic (exact) mass is 520 g/mol. The summed E-state index contributed by atoms with van der Waals surface area (Å²) >= 11 is 0. The number of hydrogen-bond acceptors (Lipinski definition) is 6. The molecular formula is C27H26F2N6O3. The number of aromatic nitrogens is 4. The summed E-state index contributed by atoms with van der Waals surface area (Å²) in [5.74, 6) is -1.58. The van der Waals surface area contributed by atoms with Crippen LogP contribution in [0, 0.1) is 11.6 Å². The fourth-order valence-corrected chi connectivity index (χ4v) is 5.45. The summed E-state index contributed by atoms with van der Waals surface area (Å²) in [5, 5.41) is 8.63. The Kier molecular flexibility index (Phi) is 6.05. The molecule has 1 aromatic carbocycles. The van der Waals surface area contributed by atoms with Crippen molar-refractivity contribution in [3.63, 3.8) is 0 Å². The summed E-state index contributed by atoms with van der Waals surface area (Å²) in [6, 6.07) is 6.98. The Labute approximate surface area is 217 Å². The van der Waals surface area contributed by atoms with E-state index in [1.807, 2.05) is 17.0 Å². The first kappa shape index (κ1) is 24.1. The number of hydrogen-bond donors (Lipinski definition) is 0. The highest BCUT2D eigenvalue weighted by molar-refractivity contribution is 6.01. The Bertz CT molecular complexity index is 1550. The first-order valence-electron chi connectivity index (χ1n) is 12.6. The number of carbonyl (C=O) groups is 2. The summed E-state index contributed by atoms with van der Waals surface area (Å²) in [6.07, 6.45) is 6.31. The molecule has 5 heterocycles. The molecule has 9 nitrogen and oxygen atoms in total. The molecule has 0 aliphatic carbocycles. The van der Waals surface area contributed by atoms with Gasteiger partial charge in [0.25, 0.3) is 5.91 Å². The predicted molar refractivity (Wildman–Crippen MR) is 134 cm³/mol. The van der Waals surface area contributed by atoms with Gasteiger partial charge in [0.1, 0.15) is 17.2 Å². The number of esters is 1. The van der Waals surface area contributed by atoms with Crippen molar-refractivity contribution in [2.45, 2.75) is 38.9 Å². The number of fused-ring (bicyclic) bond motifs is 2. The number of benzene rings is 1. The molecule has 196 valence electrons. The second-order valence-corrected chi connectivity index (χ2v) is 9.47. The Morgan fingerprint density at radius 2 is 1.89 bits per heavy atom. The lowest BCUT2D eigenvalue weighted by atomic mass is 10.0. The highest BCUT2D eigenvalue weighted by atomic mass is 19.1. The minimum atomic E-state index is -0.471. The maximum atomic E-state index is 14.6. The minimum Gasteiger partial charge on any atom is -0.462 e. The number of amides is 1. The zero-order valence-corrected chi connectivity index (χ0v) is 20.8. The fourth-order valence-electron chi connectivity index (χ4n) is 5.45. The van der Waals surface area contributed by atoms with Crippen LogP contribution in [0.4, 0.5) is 14.5 Å². The van der Waals surface area contributed by atoms with Crippen molar-refractivity contribution in [3.05, 3.63) is 82.9 Å². The van der Waals surface area contributed by atoms with Gasteiger partial charge >= 0.3 is 5.97 Å². The molecule has 0 saturated carbocycles. The van der Waals surface area contributed by atoms with Crippen LogP contribution in [0.25, 0.3) is 5.52 Å². The van der Waals surface area contributed by atoms with E-state index in [4.69, 9.17) is 4.74 Å². The third kappa shape index (κ3) is 4.07. The van der Waals surface area contributed by atoms with Crippen LogP contribution in [-0.2, 0) is 17.8 Å². The van der Waals surface area contributed by atoms with E-state index in [1.54, 1.807) is 27.2 Å². The van der Waals surface area contributed by atoms with E-state index in [1.165, 1.54) is 18.5 Å². The predicted octanol–water partition coefficient (Wildman–Crippen LogP) is 3.98. The zero-order chi connectivity index (χ0) is 26.4. The first-order chi connectivity index (χ1) is 18.4. The Balaban J connectivity index is 1.29. The third-order valence-corrected chi connectivity index (χ3v) is 7.29. The van der Waals surface area contributed by atoms with Gasteiger partial charge in [0.05, 0.1) is 54.9 Å². The molecule has 6 rings (SSSR count). The molecule has 1 saturated heterocycles. The summed E-state index contributed by atoms with van der Waals surface area (Å²) in [4.78, 5) is 29.7. The molecule has 1 atom stereocenters. The van der Waals surface area contributed by atoms with Crippen LogP contribution in [-0.4, -0.2) is 55.9 Å². The van der Waals surface area contributed by atoms with E-state index < -0.39 is 17.6 Å². The molecule has 1 amide bonds. The quantitative estimate of drug-likeness (QED) is 0.370. The molecule has 2 aliphatic heterocycles. The maximum Gasteiger partial charge on any atom is 0.341 e. The highest BCUT2D eigenvalue weighted by Crippen LogP contribution is 2.38. The first-order valence-corrected chi connectivity index (χ1v) is 12.6. The average Bonchev–Trinajstić information content (AvgIpc) is 3.67. The summed E-state index contributed by atoms with van der Waals surface area (Å²) in [7, 11) is 0. The lowest BCUT2D eigenvalue weighted by Crippen LogP contribution is -2.39. The van der Waals surface area contributed by atoms with Crippen molar-refractivity contribution in [1.82, 2.24) is 24.3 Å². The highest BCUT2D eigenvalue weighted by Gasteiger charge is 2.31. The lowest BCUT2D eigenvalue weighted by molar-refractivity contribution is 0.0518. The van der Waals surface area contributed by atoms with Crippen LogP contribution >= 0.6 is 0 Å². The van der Waals surface area contributed by atoms with Crippen LogP contribution in [0.1, 0.15) is 57.8 Å². The van der Waals surface area contributed by atoms with Gasteiger partial charge in [0, 0.05) is 30.5 Å².